The number of rotatable bonds is 0. The largest absolute Gasteiger partial charge is 0.444 e. The van der Waals surface area contributed by atoms with Gasteiger partial charge in [-0.3, -0.25) is 4.68 Å². The summed E-state index contributed by atoms with van der Waals surface area (Å²) < 4.78 is 7.54. The second-order valence-electron chi connectivity index (χ2n) is 7.27. The van der Waals surface area contributed by atoms with Crippen LogP contribution in [0.1, 0.15) is 51.1 Å². The second kappa shape index (κ2) is 5.78. The van der Waals surface area contributed by atoms with Crippen LogP contribution in [0.5, 0.6) is 0 Å². The van der Waals surface area contributed by atoms with Gasteiger partial charge in [-0.25, -0.2) is 4.79 Å². The third-order valence-electron chi connectivity index (χ3n) is 4.16. The molecule has 2 aliphatic rings. The summed E-state index contributed by atoms with van der Waals surface area (Å²) in [6.07, 6.45) is 1.46. The van der Waals surface area contributed by atoms with Gasteiger partial charge in [-0.15, -0.1) is 0 Å². The van der Waals surface area contributed by atoms with E-state index in [0.717, 1.165) is 47.9 Å². The SMILES string of the molecule is C[C@@H]1Cc2nn3c(c2CN1C(=O)OC(C)(C)C)C(=S)NCCC3. The molecule has 0 radical (unpaired) electrons. The molecule has 0 spiro atoms. The van der Waals surface area contributed by atoms with E-state index in [4.69, 9.17) is 22.1 Å². The van der Waals surface area contributed by atoms with Crippen molar-refractivity contribution in [2.45, 2.75) is 65.3 Å². The van der Waals surface area contributed by atoms with Gasteiger partial charge in [-0.1, -0.05) is 12.2 Å². The summed E-state index contributed by atoms with van der Waals surface area (Å²) in [5.74, 6) is 0. The number of hydrogen-bond donors (Lipinski definition) is 1. The van der Waals surface area contributed by atoms with E-state index in [1.807, 2.05) is 32.4 Å². The molecule has 1 atom stereocenters. The molecule has 0 fully saturated rings. The van der Waals surface area contributed by atoms with E-state index in [0.29, 0.717) is 6.54 Å². The Morgan fingerprint density at radius 3 is 2.87 bits per heavy atom. The Balaban J connectivity index is 1.91. The van der Waals surface area contributed by atoms with Crippen molar-refractivity contribution in [1.82, 2.24) is 20.0 Å². The molecule has 0 unspecified atom stereocenters. The van der Waals surface area contributed by atoms with Gasteiger partial charge in [0.05, 0.1) is 12.2 Å². The van der Waals surface area contributed by atoms with Gasteiger partial charge in [-0.2, -0.15) is 5.10 Å². The molecule has 23 heavy (non-hydrogen) atoms. The lowest BCUT2D eigenvalue weighted by atomic mass is 10.00. The summed E-state index contributed by atoms with van der Waals surface area (Å²) >= 11 is 5.50. The standard InChI is InChI=1S/C16H24N4O2S/c1-10-8-12-11(9-19(10)15(21)22-16(2,3)4)13-14(23)17-6-5-7-20(13)18-12/h10H,5-9H2,1-4H3,(H,17,23)/t10-/m1/s1. The van der Waals surface area contributed by atoms with Crippen molar-refractivity contribution in [3.63, 3.8) is 0 Å². The lowest BCUT2D eigenvalue weighted by Gasteiger charge is -2.34. The molecule has 3 heterocycles. The van der Waals surface area contributed by atoms with Crippen molar-refractivity contribution in [1.29, 1.82) is 0 Å². The number of nitrogens with one attached hydrogen (secondary N) is 1. The van der Waals surface area contributed by atoms with E-state index in [2.05, 4.69) is 5.32 Å². The molecule has 0 saturated heterocycles. The van der Waals surface area contributed by atoms with Crippen LogP contribution in [0.15, 0.2) is 0 Å². The zero-order valence-corrected chi connectivity index (χ0v) is 15.0. The molecule has 1 aromatic rings. The van der Waals surface area contributed by atoms with Gasteiger partial charge in [0, 0.05) is 31.1 Å². The summed E-state index contributed by atoms with van der Waals surface area (Å²) in [6, 6.07) is 0.0676. The minimum absolute atomic E-state index is 0.0676. The van der Waals surface area contributed by atoms with E-state index >= 15 is 0 Å². The molecule has 0 saturated carbocycles. The molecule has 1 N–H and O–H groups in total. The van der Waals surface area contributed by atoms with Crippen LogP contribution in [0.2, 0.25) is 0 Å². The molecule has 126 valence electrons. The normalized spacial score (nSPS) is 21.1. The smallest absolute Gasteiger partial charge is 0.410 e. The van der Waals surface area contributed by atoms with E-state index in [-0.39, 0.29) is 12.1 Å². The Morgan fingerprint density at radius 2 is 2.17 bits per heavy atom. The molecule has 0 aromatic carbocycles. The highest BCUT2D eigenvalue weighted by Gasteiger charge is 2.35. The van der Waals surface area contributed by atoms with Crippen LogP contribution in [0.4, 0.5) is 4.79 Å². The van der Waals surface area contributed by atoms with Crippen LogP contribution in [0.3, 0.4) is 0 Å². The number of thiocarbonyl (C=S) groups is 1. The number of amides is 1. The fraction of sp³-hybridized carbons (Fsp3) is 0.688. The molecule has 0 aliphatic carbocycles. The number of carbonyl (C=O) groups excluding carboxylic acids is 1. The maximum atomic E-state index is 12.5. The predicted molar refractivity (Wildman–Crippen MR) is 91.5 cm³/mol. The van der Waals surface area contributed by atoms with Crippen LogP contribution >= 0.6 is 12.2 Å². The summed E-state index contributed by atoms with van der Waals surface area (Å²) in [5.41, 5.74) is 2.59. The zero-order chi connectivity index (χ0) is 16.8. The van der Waals surface area contributed by atoms with Crippen LogP contribution < -0.4 is 5.32 Å². The highest BCUT2D eigenvalue weighted by atomic mass is 32.1. The highest BCUT2D eigenvalue weighted by Crippen LogP contribution is 2.28. The first kappa shape index (κ1) is 16.2. The third kappa shape index (κ3) is 3.20. The Kier molecular flexibility index (Phi) is 4.08. The van der Waals surface area contributed by atoms with Crippen LogP contribution in [0, 0.1) is 0 Å². The third-order valence-corrected chi connectivity index (χ3v) is 4.50. The fourth-order valence-corrected chi connectivity index (χ4v) is 3.42. The molecule has 3 rings (SSSR count). The average molecular weight is 336 g/mol. The Morgan fingerprint density at radius 1 is 1.43 bits per heavy atom. The minimum atomic E-state index is -0.496. The Labute approximate surface area is 142 Å². The number of hydrogen-bond acceptors (Lipinski definition) is 4. The monoisotopic (exact) mass is 336 g/mol. The van der Waals surface area contributed by atoms with Crippen molar-refractivity contribution in [2.24, 2.45) is 0 Å². The highest BCUT2D eigenvalue weighted by molar-refractivity contribution is 7.80. The molecule has 1 amide bonds. The van der Waals surface area contributed by atoms with Gasteiger partial charge in [0.25, 0.3) is 0 Å². The van der Waals surface area contributed by atoms with Gasteiger partial charge < -0.3 is 15.0 Å². The van der Waals surface area contributed by atoms with Gasteiger partial charge >= 0.3 is 6.09 Å². The molecular weight excluding hydrogens is 312 g/mol. The fourth-order valence-electron chi connectivity index (χ4n) is 3.09. The summed E-state index contributed by atoms with van der Waals surface area (Å²) in [5, 5.41) is 8.00. The second-order valence-corrected chi connectivity index (χ2v) is 7.68. The minimum Gasteiger partial charge on any atom is -0.444 e. The van der Waals surface area contributed by atoms with E-state index in [1.54, 1.807) is 4.90 Å². The molecule has 7 heteroatoms. The summed E-state index contributed by atoms with van der Waals surface area (Å²) in [4.78, 5) is 15.0. The zero-order valence-electron chi connectivity index (χ0n) is 14.2. The molecule has 2 aliphatic heterocycles. The Hall–Kier alpha value is -1.63. The Bertz CT molecular complexity index is 647. The quantitative estimate of drug-likeness (QED) is 0.736. The maximum Gasteiger partial charge on any atom is 0.410 e. The molecule has 0 bridgehead atoms. The van der Waals surface area contributed by atoms with E-state index in [9.17, 15) is 4.79 Å². The van der Waals surface area contributed by atoms with Crippen molar-refractivity contribution < 1.29 is 9.53 Å². The number of aromatic nitrogens is 2. The molecule has 1 aromatic heterocycles. The van der Waals surface area contributed by atoms with Gasteiger partial charge in [0.2, 0.25) is 0 Å². The molecular formula is C16H24N4O2S. The lowest BCUT2D eigenvalue weighted by molar-refractivity contribution is 0.0137. The van der Waals surface area contributed by atoms with Crippen molar-refractivity contribution in [2.75, 3.05) is 6.54 Å². The van der Waals surface area contributed by atoms with Crippen molar-refractivity contribution in [3.8, 4) is 0 Å². The van der Waals surface area contributed by atoms with Gasteiger partial charge in [-0.05, 0) is 34.1 Å². The number of carbonyl (C=O) groups is 1. The first-order valence-corrected chi connectivity index (χ1v) is 8.53. The van der Waals surface area contributed by atoms with Crippen molar-refractivity contribution in [3.05, 3.63) is 17.0 Å². The summed E-state index contributed by atoms with van der Waals surface area (Å²) in [6.45, 7) is 9.91. The number of ether oxygens (including phenoxy) is 1. The lowest BCUT2D eigenvalue weighted by Crippen LogP contribution is -2.45. The van der Waals surface area contributed by atoms with Crippen molar-refractivity contribution >= 4 is 23.3 Å². The predicted octanol–water partition coefficient (Wildman–Crippen LogP) is 2.23. The van der Waals surface area contributed by atoms with Gasteiger partial charge in [0.1, 0.15) is 16.3 Å². The summed E-state index contributed by atoms with van der Waals surface area (Å²) in [7, 11) is 0. The maximum absolute atomic E-state index is 12.5. The average Bonchev–Trinajstić information content (AvgIpc) is 2.67. The van der Waals surface area contributed by atoms with Gasteiger partial charge in [0.15, 0.2) is 0 Å². The first-order chi connectivity index (χ1) is 10.8. The molecule has 6 nitrogen and oxygen atoms in total. The van der Waals surface area contributed by atoms with Crippen LogP contribution in [0.25, 0.3) is 0 Å². The number of nitrogens with zero attached hydrogens (tertiary/aromatic N) is 3. The van der Waals surface area contributed by atoms with E-state index in [1.165, 1.54) is 0 Å². The topological polar surface area (TPSA) is 59.4 Å². The number of aryl methyl sites for hydroxylation is 1. The van der Waals surface area contributed by atoms with Crippen LogP contribution in [-0.4, -0.2) is 43.9 Å². The van der Waals surface area contributed by atoms with E-state index < -0.39 is 5.60 Å². The van der Waals surface area contributed by atoms with Crippen LogP contribution in [-0.2, 0) is 24.2 Å². The number of fused-ring (bicyclic) bond motifs is 3. The first-order valence-electron chi connectivity index (χ1n) is 8.12.